The van der Waals surface area contributed by atoms with E-state index in [1.54, 1.807) is 54.7 Å². The second-order valence-electron chi connectivity index (χ2n) is 6.66. The van der Waals surface area contributed by atoms with Crippen LogP contribution in [0.1, 0.15) is 5.56 Å². The highest BCUT2D eigenvalue weighted by Gasteiger charge is 2.16. The van der Waals surface area contributed by atoms with Gasteiger partial charge >= 0.3 is 0 Å². The monoisotopic (exact) mass is 420 g/mol. The van der Waals surface area contributed by atoms with E-state index in [9.17, 15) is 13.4 Å². The molecule has 1 atom stereocenters. The SMILES string of the molecule is O=c1c(-c2ccc(F)cc2)c(-c2ccc(CS(=O)O)cc2)cnn1-c1ccccc1. The van der Waals surface area contributed by atoms with Crippen LogP contribution < -0.4 is 5.56 Å². The van der Waals surface area contributed by atoms with E-state index in [2.05, 4.69) is 5.10 Å². The fraction of sp³-hybridized carbons (Fsp3) is 0.0435. The predicted molar refractivity (Wildman–Crippen MR) is 115 cm³/mol. The molecule has 1 aromatic heterocycles. The largest absolute Gasteiger partial charge is 0.306 e. The van der Waals surface area contributed by atoms with Crippen LogP contribution in [0.2, 0.25) is 0 Å². The molecule has 3 aromatic carbocycles. The van der Waals surface area contributed by atoms with Crippen molar-refractivity contribution in [3.8, 4) is 27.9 Å². The Balaban J connectivity index is 1.90. The van der Waals surface area contributed by atoms with Gasteiger partial charge in [0.05, 0.1) is 23.2 Å². The molecule has 0 amide bonds. The number of nitrogens with zero attached hydrogens (tertiary/aromatic N) is 2. The van der Waals surface area contributed by atoms with Gasteiger partial charge in [0.25, 0.3) is 5.56 Å². The number of hydrogen-bond donors (Lipinski definition) is 1. The molecule has 0 saturated carbocycles. The summed E-state index contributed by atoms with van der Waals surface area (Å²) in [6, 6.07) is 21.8. The maximum atomic E-state index is 13.5. The van der Waals surface area contributed by atoms with Crippen molar-refractivity contribution >= 4 is 11.1 Å². The Kier molecular flexibility index (Phi) is 5.65. The van der Waals surface area contributed by atoms with E-state index in [1.807, 2.05) is 18.2 Å². The first-order chi connectivity index (χ1) is 14.5. The molecule has 1 heterocycles. The lowest BCUT2D eigenvalue weighted by atomic mass is 9.96. The molecular weight excluding hydrogens is 403 g/mol. The van der Waals surface area contributed by atoms with E-state index in [0.29, 0.717) is 27.9 Å². The number of para-hydroxylation sites is 1. The lowest BCUT2D eigenvalue weighted by Gasteiger charge is -2.13. The first kappa shape index (κ1) is 19.9. The van der Waals surface area contributed by atoms with Gasteiger partial charge in [0.2, 0.25) is 0 Å². The molecule has 7 heteroatoms. The van der Waals surface area contributed by atoms with Crippen molar-refractivity contribution in [1.29, 1.82) is 0 Å². The Morgan fingerprint density at radius 3 is 2.17 bits per heavy atom. The van der Waals surface area contributed by atoms with Gasteiger partial charge in [0.1, 0.15) is 5.82 Å². The molecule has 0 fully saturated rings. The molecule has 0 saturated heterocycles. The zero-order valence-corrected chi connectivity index (χ0v) is 16.6. The lowest BCUT2D eigenvalue weighted by Crippen LogP contribution is -2.23. The van der Waals surface area contributed by atoms with Crippen LogP contribution in [0.4, 0.5) is 4.39 Å². The summed E-state index contributed by atoms with van der Waals surface area (Å²) in [7, 11) is 0. The first-order valence-corrected chi connectivity index (χ1v) is 10.4. The molecule has 30 heavy (non-hydrogen) atoms. The van der Waals surface area contributed by atoms with Crippen LogP contribution >= 0.6 is 0 Å². The van der Waals surface area contributed by atoms with E-state index in [1.165, 1.54) is 16.8 Å². The van der Waals surface area contributed by atoms with E-state index in [0.717, 1.165) is 5.56 Å². The van der Waals surface area contributed by atoms with Gasteiger partial charge in [-0.1, -0.05) is 54.6 Å². The maximum absolute atomic E-state index is 13.5. The van der Waals surface area contributed by atoms with Crippen molar-refractivity contribution in [3.63, 3.8) is 0 Å². The number of halogens is 1. The molecule has 0 spiro atoms. The third-order valence-electron chi connectivity index (χ3n) is 4.67. The zero-order valence-electron chi connectivity index (χ0n) is 15.7. The predicted octanol–water partition coefficient (Wildman–Crippen LogP) is 4.43. The summed E-state index contributed by atoms with van der Waals surface area (Å²) in [6.07, 6.45) is 1.60. The second kappa shape index (κ2) is 8.52. The van der Waals surface area contributed by atoms with Gasteiger partial charge in [-0.25, -0.2) is 8.60 Å². The molecule has 1 unspecified atom stereocenters. The summed E-state index contributed by atoms with van der Waals surface area (Å²) < 4.78 is 34.9. The van der Waals surface area contributed by atoms with Crippen molar-refractivity contribution in [2.75, 3.05) is 0 Å². The molecule has 1 N–H and O–H groups in total. The molecule has 0 aliphatic heterocycles. The minimum Gasteiger partial charge on any atom is -0.306 e. The van der Waals surface area contributed by atoms with Crippen LogP contribution in [0.15, 0.2) is 89.9 Å². The number of aromatic nitrogens is 2. The maximum Gasteiger partial charge on any atom is 0.279 e. The minimum absolute atomic E-state index is 0.0267. The summed E-state index contributed by atoms with van der Waals surface area (Å²) in [5.41, 5.74) is 3.29. The van der Waals surface area contributed by atoms with Crippen LogP contribution in [0.25, 0.3) is 27.9 Å². The van der Waals surface area contributed by atoms with E-state index in [4.69, 9.17) is 4.55 Å². The summed E-state index contributed by atoms with van der Waals surface area (Å²) in [5.74, 6) is -0.363. The average Bonchev–Trinajstić information content (AvgIpc) is 2.75. The molecule has 4 rings (SSSR count). The van der Waals surface area contributed by atoms with Crippen LogP contribution in [0.5, 0.6) is 0 Å². The topological polar surface area (TPSA) is 72.2 Å². The van der Waals surface area contributed by atoms with Crippen molar-refractivity contribution in [1.82, 2.24) is 9.78 Å². The molecule has 0 aliphatic carbocycles. The van der Waals surface area contributed by atoms with Gasteiger partial charge in [-0.15, -0.1) is 0 Å². The fourth-order valence-corrected chi connectivity index (χ4v) is 3.72. The van der Waals surface area contributed by atoms with Crippen LogP contribution in [-0.4, -0.2) is 18.5 Å². The molecule has 4 aromatic rings. The van der Waals surface area contributed by atoms with Gasteiger partial charge in [0.15, 0.2) is 11.1 Å². The second-order valence-corrected chi connectivity index (χ2v) is 7.59. The van der Waals surface area contributed by atoms with Gasteiger partial charge in [-0.2, -0.15) is 9.78 Å². The molecule has 5 nitrogen and oxygen atoms in total. The molecule has 0 bridgehead atoms. The van der Waals surface area contributed by atoms with Gasteiger partial charge in [0, 0.05) is 5.56 Å². The molecular formula is C23H17FN2O3S. The number of rotatable bonds is 5. The normalized spacial score (nSPS) is 11.9. The van der Waals surface area contributed by atoms with Crippen molar-refractivity contribution in [3.05, 3.63) is 107 Å². The van der Waals surface area contributed by atoms with Gasteiger partial charge < -0.3 is 4.55 Å². The Morgan fingerprint density at radius 2 is 1.53 bits per heavy atom. The standard InChI is InChI=1S/C23H17FN2O3S/c24-19-12-10-18(11-13-19)22-21(17-8-6-16(7-9-17)15-30(28)29)14-25-26(23(22)27)20-4-2-1-3-5-20/h1-14H,15H2,(H,28,29). The average molecular weight is 420 g/mol. The quantitative estimate of drug-likeness (QED) is 0.485. The van der Waals surface area contributed by atoms with Crippen molar-refractivity contribution < 1.29 is 13.2 Å². The fourth-order valence-electron chi connectivity index (χ4n) is 3.24. The Morgan fingerprint density at radius 1 is 0.900 bits per heavy atom. The molecule has 0 aliphatic rings. The van der Waals surface area contributed by atoms with Crippen LogP contribution in [-0.2, 0) is 16.8 Å². The highest BCUT2D eigenvalue weighted by atomic mass is 32.2. The summed E-state index contributed by atoms with van der Waals surface area (Å²) >= 11 is -1.93. The van der Waals surface area contributed by atoms with E-state index in [-0.39, 0.29) is 17.1 Å². The minimum atomic E-state index is -1.93. The highest BCUT2D eigenvalue weighted by molar-refractivity contribution is 7.78. The Bertz CT molecular complexity index is 1250. The zero-order chi connectivity index (χ0) is 21.1. The third kappa shape index (κ3) is 4.12. The van der Waals surface area contributed by atoms with Crippen LogP contribution in [0, 0.1) is 5.82 Å². The van der Waals surface area contributed by atoms with Crippen LogP contribution in [0.3, 0.4) is 0 Å². The van der Waals surface area contributed by atoms with Crippen molar-refractivity contribution in [2.24, 2.45) is 0 Å². The van der Waals surface area contributed by atoms with E-state index >= 15 is 0 Å². The molecule has 150 valence electrons. The van der Waals surface area contributed by atoms with Gasteiger partial charge in [-0.05, 0) is 41.0 Å². The van der Waals surface area contributed by atoms with E-state index < -0.39 is 11.1 Å². The highest BCUT2D eigenvalue weighted by Crippen LogP contribution is 2.29. The smallest absolute Gasteiger partial charge is 0.279 e. The number of hydrogen-bond acceptors (Lipinski definition) is 3. The lowest BCUT2D eigenvalue weighted by molar-refractivity contribution is 0.563. The summed E-state index contributed by atoms with van der Waals surface area (Å²) in [5, 5.41) is 4.34. The third-order valence-corrected chi connectivity index (χ3v) is 5.25. The number of benzene rings is 3. The first-order valence-electron chi connectivity index (χ1n) is 9.13. The summed E-state index contributed by atoms with van der Waals surface area (Å²) in [4.78, 5) is 13.4. The van der Waals surface area contributed by atoms with Gasteiger partial charge in [-0.3, -0.25) is 4.79 Å². The molecule has 0 radical (unpaired) electrons. The Labute approximate surface area is 174 Å². The van der Waals surface area contributed by atoms with Crippen molar-refractivity contribution in [2.45, 2.75) is 5.75 Å². The Hall–Kier alpha value is -3.42. The summed E-state index contributed by atoms with van der Waals surface area (Å²) in [6.45, 7) is 0.